The Morgan fingerprint density at radius 1 is 0.404 bits per heavy atom. The maximum Gasteiger partial charge on any atom is 0.0992 e. The molecule has 0 fully saturated rings. The molecule has 2 heteroatoms. The molecule has 8 aromatic carbocycles. The van der Waals surface area contributed by atoms with E-state index in [9.17, 15) is 5.26 Å². The van der Waals surface area contributed by atoms with Crippen LogP contribution < -0.4 is 0 Å². The Kier molecular flexibility index (Phi) is 7.20. The highest BCUT2D eigenvalue weighted by atomic mass is 32.1. The summed E-state index contributed by atoms with van der Waals surface area (Å²) in [6.07, 6.45) is 0.948. The van der Waals surface area contributed by atoms with Crippen LogP contribution in [0.25, 0.3) is 86.9 Å². The topological polar surface area (TPSA) is 23.8 Å². The van der Waals surface area contributed by atoms with Gasteiger partial charge in [-0.1, -0.05) is 146 Å². The van der Waals surface area contributed by atoms with Crippen LogP contribution in [0.5, 0.6) is 0 Å². The lowest BCUT2D eigenvalue weighted by Gasteiger charge is -2.12. The van der Waals surface area contributed by atoms with Crippen LogP contribution >= 0.6 is 11.3 Å². The molecular weight excluding hydrogens is 647 g/mol. The molecule has 0 N–H and O–H groups in total. The lowest BCUT2D eigenvalue weighted by molar-refractivity contribution is 1.26. The molecule has 10 rings (SSSR count). The van der Waals surface area contributed by atoms with Crippen LogP contribution in [0.15, 0.2) is 176 Å². The van der Waals surface area contributed by atoms with E-state index in [1.54, 1.807) is 0 Å². The molecule has 1 aliphatic rings. The van der Waals surface area contributed by atoms with Crippen molar-refractivity contribution in [1.82, 2.24) is 0 Å². The van der Waals surface area contributed by atoms with Gasteiger partial charge in [-0.25, -0.2) is 0 Å². The molecule has 0 spiro atoms. The van der Waals surface area contributed by atoms with E-state index < -0.39 is 0 Å². The highest BCUT2D eigenvalue weighted by Crippen LogP contribution is 2.43. The first-order chi connectivity index (χ1) is 25.7. The number of benzene rings is 8. The molecule has 0 bridgehead atoms. The Morgan fingerprint density at radius 3 is 1.77 bits per heavy atom. The van der Waals surface area contributed by atoms with Crippen molar-refractivity contribution in [3.05, 3.63) is 193 Å². The van der Waals surface area contributed by atoms with Crippen molar-refractivity contribution in [3.8, 4) is 72.8 Å². The molecule has 242 valence electrons. The zero-order valence-electron chi connectivity index (χ0n) is 28.3. The number of thiophene rings is 1. The normalized spacial score (nSPS) is 11.8. The molecule has 1 aromatic heterocycles. The van der Waals surface area contributed by atoms with E-state index in [-0.39, 0.29) is 0 Å². The average Bonchev–Trinajstić information content (AvgIpc) is 3.80. The van der Waals surface area contributed by atoms with E-state index in [1.165, 1.54) is 70.2 Å². The molecule has 1 aliphatic carbocycles. The van der Waals surface area contributed by atoms with E-state index in [0.29, 0.717) is 5.56 Å². The zero-order valence-corrected chi connectivity index (χ0v) is 29.1. The molecule has 0 saturated carbocycles. The van der Waals surface area contributed by atoms with Crippen LogP contribution in [0.2, 0.25) is 0 Å². The summed E-state index contributed by atoms with van der Waals surface area (Å²) >= 11 is 1.87. The van der Waals surface area contributed by atoms with Gasteiger partial charge in [-0.2, -0.15) is 5.26 Å². The summed E-state index contributed by atoms with van der Waals surface area (Å²) in [6, 6.07) is 65.7. The number of nitriles is 1. The third-order valence-electron chi connectivity index (χ3n) is 10.6. The summed E-state index contributed by atoms with van der Waals surface area (Å²) in [5.74, 6) is 0. The number of rotatable bonds is 5. The summed E-state index contributed by atoms with van der Waals surface area (Å²) in [5.41, 5.74) is 17.7. The van der Waals surface area contributed by atoms with Crippen molar-refractivity contribution in [1.29, 1.82) is 5.26 Å². The van der Waals surface area contributed by atoms with Crippen LogP contribution in [0.1, 0.15) is 16.7 Å². The number of nitrogens with zero attached hydrogens (tertiary/aromatic N) is 1. The summed E-state index contributed by atoms with van der Waals surface area (Å²) in [5, 5.41) is 12.7. The van der Waals surface area contributed by atoms with E-state index in [4.69, 9.17) is 0 Å². The van der Waals surface area contributed by atoms with Gasteiger partial charge in [0.15, 0.2) is 0 Å². The molecule has 0 atom stereocenters. The smallest absolute Gasteiger partial charge is 0.0992 e. The molecule has 9 aromatic rings. The SMILES string of the molecule is N#Cc1cc(-c2ccc(-c3ccc(-c4cccc5c4sc4ccccc45)cc3)cc2)cc(-c2cccc(-c3cccc4c3Cc3ccccc3-4)c2)c1. The zero-order chi connectivity index (χ0) is 34.6. The first kappa shape index (κ1) is 30.3. The van der Waals surface area contributed by atoms with Crippen LogP contribution in [0, 0.1) is 11.3 Å². The van der Waals surface area contributed by atoms with Gasteiger partial charge in [0.1, 0.15) is 0 Å². The fourth-order valence-electron chi connectivity index (χ4n) is 7.99. The van der Waals surface area contributed by atoms with Crippen LogP contribution in [-0.2, 0) is 6.42 Å². The molecule has 52 heavy (non-hydrogen) atoms. The summed E-state index contributed by atoms with van der Waals surface area (Å²) < 4.78 is 2.66. The van der Waals surface area contributed by atoms with Gasteiger partial charge < -0.3 is 0 Å². The van der Waals surface area contributed by atoms with E-state index in [0.717, 1.165) is 34.2 Å². The fourth-order valence-corrected chi connectivity index (χ4v) is 9.23. The van der Waals surface area contributed by atoms with Crippen LogP contribution in [-0.4, -0.2) is 0 Å². The summed E-state index contributed by atoms with van der Waals surface area (Å²) in [6.45, 7) is 0. The number of hydrogen-bond donors (Lipinski definition) is 0. The largest absolute Gasteiger partial charge is 0.192 e. The molecule has 1 nitrogen and oxygen atoms in total. The lowest BCUT2D eigenvalue weighted by Crippen LogP contribution is -1.90. The molecule has 0 saturated heterocycles. The van der Waals surface area contributed by atoms with Crippen molar-refractivity contribution in [2.45, 2.75) is 6.42 Å². The third-order valence-corrected chi connectivity index (χ3v) is 11.8. The molecule has 0 radical (unpaired) electrons. The highest BCUT2D eigenvalue weighted by Gasteiger charge is 2.21. The maximum atomic E-state index is 10.0. The van der Waals surface area contributed by atoms with Gasteiger partial charge in [0.25, 0.3) is 0 Å². The predicted octanol–water partition coefficient (Wildman–Crippen LogP) is 13.8. The van der Waals surface area contributed by atoms with Gasteiger partial charge >= 0.3 is 0 Å². The Morgan fingerprint density at radius 2 is 0.962 bits per heavy atom. The first-order valence-electron chi connectivity index (χ1n) is 17.7. The standard InChI is InChI=1S/C50H31NS/c51-31-32-26-40(29-41(27-32)37-9-5-10-38(28-37)43-13-6-15-45-42-11-2-1-8-39(42)30-48(43)45)35-20-18-33(19-21-35)34-22-24-36(25-23-34)44-14-7-16-47-46-12-3-4-17-49(46)52-50(44)47/h1-29H,30H2. The third kappa shape index (κ3) is 5.14. The molecule has 0 aliphatic heterocycles. The summed E-state index contributed by atoms with van der Waals surface area (Å²) in [7, 11) is 0. The number of fused-ring (bicyclic) bond motifs is 6. The fraction of sp³-hybridized carbons (Fsp3) is 0.0200. The second-order valence-corrected chi connectivity index (χ2v) is 14.6. The van der Waals surface area contributed by atoms with Crippen molar-refractivity contribution in [2.24, 2.45) is 0 Å². The van der Waals surface area contributed by atoms with Gasteiger partial charge in [0.05, 0.1) is 11.6 Å². The van der Waals surface area contributed by atoms with E-state index in [1.807, 2.05) is 23.5 Å². The van der Waals surface area contributed by atoms with Crippen molar-refractivity contribution < 1.29 is 0 Å². The maximum absolute atomic E-state index is 10.0. The van der Waals surface area contributed by atoms with Crippen molar-refractivity contribution in [3.63, 3.8) is 0 Å². The predicted molar refractivity (Wildman–Crippen MR) is 219 cm³/mol. The first-order valence-corrected chi connectivity index (χ1v) is 18.5. The second-order valence-electron chi connectivity index (χ2n) is 13.6. The average molecular weight is 678 g/mol. The molecular formula is C50H31NS. The Labute approximate surface area is 307 Å². The Hall–Kier alpha value is -6.53. The minimum atomic E-state index is 0.655. The van der Waals surface area contributed by atoms with E-state index in [2.05, 4.69) is 170 Å². The highest BCUT2D eigenvalue weighted by molar-refractivity contribution is 7.26. The van der Waals surface area contributed by atoms with E-state index >= 15 is 0 Å². The van der Waals surface area contributed by atoms with Crippen LogP contribution in [0.3, 0.4) is 0 Å². The second kappa shape index (κ2) is 12.4. The quantitative estimate of drug-likeness (QED) is 0.178. The monoisotopic (exact) mass is 677 g/mol. The molecule has 0 amide bonds. The molecule has 1 heterocycles. The minimum absolute atomic E-state index is 0.655. The van der Waals surface area contributed by atoms with Gasteiger partial charge in [-0.3, -0.25) is 0 Å². The summed E-state index contributed by atoms with van der Waals surface area (Å²) in [4.78, 5) is 0. The Bertz CT molecular complexity index is 2870. The van der Waals surface area contributed by atoms with Crippen LogP contribution in [0.4, 0.5) is 0 Å². The molecule has 0 unspecified atom stereocenters. The van der Waals surface area contributed by atoms with Crippen molar-refractivity contribution >= 4 is 31.5 Å². The van der Waals surface area contributed by atoms with Crippen molar-refractivity contribution in [2.75, 3.05) is 0 Å². The lowest BCUT2D eigenvalue weighted by atomic mass is 9.91. The van der Waals surface area contributed by atoms with Gasteiger partial charge in [0.2, 0.25) is 0 Å². The Balaban J connectivity index is 0.945. The number of hydrogen-bond acceptors (Lipinski definition) is 2. The van der Waals surface area contributed by atoms with Gasteiger partial charge in [-0.05, 0) is 115 Å². The minimum Gasteiger partial charge on any atom is -0.192 e. The van der Waals surface area contributed by atoms with Gasteiger partial charge in [-0.15, -0.1) is 11.3 Å². The van der Waals surface area contributed by atoms with Gasteiger partial charge in [0, 0.05) is 20.2 Å².